The van der Waals surface area contributed by atoms with Gasteiger partial charge in [-0.15, -0.1) is 0 Å². The number of carbonyl (C=O) groups is 1. The van der Waals surface area contributed by atoms with Crippen LogP contribution in [0.3, 0.4) is 0 Å². The first kappa shape index (κ1) is 14.9. The van der Waals surface area contributed by atoms with Crippen molar-refractivity contribution in [2.75, 3.05) is 5.32 Å². The minimum absolute atomic E-state index is 0.413. The molecular formula is C15H13BrClNO2. The average Bonchev–Trinajstić information content (AvgIpc) is 2.43. The molecule has 0 heterocycles. The number of nitrogens with one attached hydrogen (secondary N) is 1. The number of carboxylic acid groups (broad SMARTS) is 1. The Kier molecular flexibility index (Phi) is 5.04. The molecule has 0 aliphatic heterocycles. The second-order valence-electron chi connectivity index (χ2n) is 4.35. The minimum Gasteiger partial charge on any atom is -0.480 e. The number of hydrogen-bond donors (Lipinski definition) is 2. The monoisotopic (exact) mass is 353 g/mol. The third kappa shape index (κ3) is 3.99. The van der Waals surface area contributed by atoms with Crippen LogP contribution in [0.15, 0.2) is 53.0 Å². The first-order valence-corrected chi connectivity index (χ1v) is 7.21. The third-order valence-corrected chi connectivity index (χ3v) is 4.06. The topological polar surface area (TPSA) is 49.3 Å². The number of rotatable bonds is 5. The molecule has 0 bridgehead atoms. The van der Waals surface area contributed by atoms with E-state index in [9.17, 15) is 9.90 Å². The Bertz CT molecular complexity index is 604. The fourth-order valence-corrected chi connectivity index (χ4v) is 2.33. The molecule has 3 nitrogen and oxygen atoms in total. The summed E-state index contributed by atoms with van der Waals surface area (Å²) in [4.78, 5) is 11.4. The Morgan fingerprint density at radius 3 is 2.55 bits per heavy atom. The van der Waals surface area contributed by atoms with Crippen LogP contribution in [0.25, 0.3) is 0 Å². The van der Waals surface area contributed by atoms with Crippen LogP contribution >= 0.6 is 27.5 Å². The van der Waals surface area contributed by atoms with E-state index < -0.39 is 12.0 Å². The molecule has 0 amide bonds. The Morgan fingerprint density at radius 2 is 1.95 bits per heavy atom. The summed E-state index contributed by atoms with van der Waals surface area (Å²) in [5.41, 5.74) is 1.69. The Balaban J connectivity index is 2.13. The summed E-state index contributed by atoms with van der Waals surface area (Å²) in [7, 11) is 0. The fourth-order valence-electron chi connectivity index (χ4n) is 1.84. The molecule has 0 spiro atoms. The van der Waals surface area contributed by atoms with Crippen molar-refractivity contribution < 1.29 is 9.90 Å². The smallest absolute Gasteiger partial charge is 0.326 e. The molecule has 20 heavy (non-hydrogen) atoms. The van der Waals surface area contributed by atoms with E-state index >= 15 is 0 Å². The van der Waals surface area contributed by atoms with Crippen molar-refractivity contribution in [3.8, 4) is 0 Å². The normalized spacial score (nSPS) is 11.9. The van der Waals surface area contributed by atoms with Crippen LogP contribution in [0.5, 0.6) is 0 Å². The van der Waals surface area contributed by atoms with E-state index in [0.29, 0.717) is 17.1 Å². The summed E-state index contributed by atoms with van der Waals surface area (Å²) in [6.45, 7) is 0. The number of anilines is 1. The predicted octanol–water partition coefficient (Wildman–Crippen LogP) is 4.21. The van der Waals surface area contributed by atoms with Gasteiger partial charge in [0.2, 0.25) is 0 Å². The Labute approximate surface area is 130 Å². The van der Waals surface area contributed by atoms with E-state index in [-0.39, 0.29) is 0 Å². The summed E-state index contributed by atoms with van der Waals surface area (Å²) < 4.78 is 0.730. The molecule has 0 radical (unpaired) electrons. The van der Waals surface area contributed by atoms with Crippen molar-refractivity contribution in [2.24, 2.45) is 0 Å². The number of halogens is 2. The highest BCUT2D eigenvalue weighted by Crippen LogP contribution is 2.26. The van der Waals surface area contributed by atoms with E-state index in [1.807, 2.05) is 30.3 Å². The van der Waals surface area contributed by atoms with Crippen LogP contribution in [0, 0.1) is 0 Å². The van der Waals surface area contributed by atoms with Gasteiger partial charge in [0, 0.05) is 16.6 Å². The summed E-state index contributed by atoms with van der Waals surface area (Å²) in [6, 6.07) is 14.1. The van der Waals surface area contributed by atoms with E-state index in [0.717, 1.165) is 10.0 Å². The van der Waals surface area contributed by atoms with Crippen LogP contribution < -0.4 is 5.32 Å². The zero-order chi connectivity index (χ0) is 14.5. The molecule has 5 heteroatoms. The molecule has 104 valence electrons. The van der Waals surface area contributed by atoms with Gasteiger partial charge in [0.05, 0.1) is 5.02 Å². The van der Waals surface area contributed by atoms with Gasteiger partial charge in [-0.25, -0.2) is 4.79 Å². The molecule has 0 saturated heterocycles. The molecule has 2 N–H and O–H groups in total. The highest BCUT2D eigenvalue weighted by molar-refractivity contribution is 9.10. The van der Waals surface area contributed by atoms with Gasteiger partial charge >= 0.3 is 5.97 Å². The van der Waals surface area contributed by atoms with Crippen LogP contribution in [-0.4, -0.2) is 17.1 Å². The Morgan fingerprint density at radius 1 is 1.25 bits per heavy atom. The first-order chi connectivity index (χ1) is 9.56. The van der Waals surface area contributed by atoms with E-state index in [1.54, 1.807) is 18.2 Å². The lowest BCUT2D eigenvalue weighted by Crippen LogP contribution is -2.31. The van der Waals surface area contributed by atoms with Crippen LogP contribution in [-0.2, 0) is 11.2 Å². The molecule has 2 aromatic carbocycles. The number of carboxylic acids is 1. The van der Waals surface area contributed by atoms with Crippen molar-refractivity contribution in [1.29, 1.82) is 0 Å². The van der Waals surface area contributed by atoms with Crippen LogP contribution in [0.2, 0.25) is 5.02 Å². The van der Waals surface area contributed by atoms with Crippen molar-refractivity contribution >= 4 is 39.2 Å². The molecule has 1 atom stereocenters. The fraction of sp³-hybridized carbons (Fsp3) is 0.133. The van der Waals surface area contributed by atoms with Gasteiger partial charge in [0.1, 0.15) is 6.04 Å². The van der Waals surface area contributed by atoms with Crippen LogP contribution in [0.1, 0.15) is 5.56 Å². The maximum absolute atomic E-state index is 11.4. The summed E-state index contributed by atoms with van der Waals surface area (Å²) >= 11 is 9.24. The molecule has 0 saturated carbocycles. The molecule has 2 aromatic rings. The van der Waals surface area contributed by atoms with Crippen molar-refractivity contribution in [3.05, 3.63) is 63.6 Å². The van der Waals surface area contributed by atoms with Gasteiger partial charge in [-0.3, -0.25) is 0 Å². The third-order valence-electron chi connectivity index (χ3n) is 2.84. The second kappa shape index (κ2) is 6.77. The van der Waals surface area contributed by atoms with Gasteiger partial charge in [0.15, 0.2) is 0 Å². The quantitative estimate of drug-likeness (QED) is 0.845. The van der Waals surface area contributed by atoms with Gasteiger partial charge < -0.3 is 10.4 Å². The van der Waals surface area contributed by atoms with E-state index in [4.69, 9.17) is 11.6 Å². The predicted molar refractivity (Wildman–Crippen MR) is 84.3 cm³/mol. The van der Waals surface area contributed by atoms with Crippen LogP contribution in [0.4, 0.5) is 5.69 Å². The van der Waals surface area contributed by atoms with Crippen molar-refractivity contribution in [2.45, 2.75) is 12.5 Å². The van der Waals surface area contributed by atoms with Gasteiger partial charge in [-0.1, -0.05) is 41.9 Å². The summed E-state index contributed by atoms with van der Waals surface area (Å²) in [5, 5.41) is 12.9. The zero-order valence-corrected chi connectivity index (χ0v) is 12.9. The summed E-state index contributed by atoms with van der Waals surface area (Å²) in [6.07, 6.45) is 0.413. The zero-order valence-electron chi connectivity index (χ0n) is 10.5. The van der Waals surface area contributed by atoms with Crippen molar-refractivity contribution in [3.63, 3.8) is 0 Å². The lowest BCUT2D eigenvalue weighted by molar-refractivity contribution is -0.137. The molecule has 1 unspecified atom stereocenters. The lowest BCUT2D eigenvalue weighted by atomic mass is 10.1. The molecule has 2 rings (SSSR count). The highest BCUT2D eigenvalue weighted by Gasteiger charge is 2.17. The summed E-state index contributed by atoms with van der Waals surface area (Å²) in [5.74, 6) is -0.889. The largest absolute Gasteiger partial charge is 0.480 e. The molecular weight excluding hydrogens is 342 g/mol. The first-order valence-electron chi connectivity index (χ1n) is 6.04. The SMILES string of the molecule is O=C(O)C(Cc1ccccc1)Nc1ccc(Cl)c(Br)c1. The number of hydrogen-bond acceptors (Lipinski definition) is 2. The molecule has 0 fully saturated rings. The molecule has 0 aromatic heterocycles. The second-order valence-corrected chi connectivity index (χ2v) is 5.62. The average molecular weight is 355 g/mol. The highest BCUT2D eigenvalue weighted by atomic mass is 79.9. The van der Waals surface area contributed by atoms with Gasteiger partial charge in [-0.2, -0.15) is 0 Å². The number of aliphatic carboxylic acids is 1. The lowest BCUT2D eigenvalue weighted by Gasteiger charge is -2.16. The number of benzene rings is 2. The van der Waals surface area contributed by atoms with E-state index in [2.05, 4.69) is 21.2 Å². The minimum atomic E-state index is -0.889. The standard InChI is InChI=1S/C15H13BrClNO2/c16-12-9-11(6-7-13(12)17)18-14(15(19)20)8-10-4-2-1-3-5-10/h1-7,9,14,18H,8H2,(H,19,20). The van der Waals surface area contributed by atoms with Gasteiger partial charge in [0.25, 0.3) is 0 Å². The maximum atomic E-state index is 11.4. The van der Waals surface area contributed by atoms with E-state index in [1.165, 1.54) is 0 Å². The molecule has 0 aliphatic carbocycles. The van der Waals surface area contributed by atoms with Crippen molar-refractivity contribution in [1.82, 2.24) is 0 Å². The maximum Gasteiger partial charge on any atom is 0.326 e. The Hall–Kier alpha value is -1.52. The molecule has 0 aliphatic rings. The van der Waals surface area contributed by atoms with Gasteiger partial charge in [-0.05, 0) is 39.7 Å².